The molecule has 3 heteroatoms. The number of fused-ring (bicyclic) bond motifs is 3. The van der Waals surface area contributed by atoms with Gasteiger partial charge in [-0.1, -0.05) is 19.9 Å². The summed E-state index contributed by atoms with van der Waals surface area (Å²) in [6, 6.07) is 11.9. The first-order valence-electron chi connectivity index (χ1n) is 10.4. The molecule has 0 radical (unpaired) electrons. The fourth-order valence-electron chi connectivity index (χ4n) is 3.42. The van der Waals surface area contributed by atoms with Gasteiger partial charge in [0.1, 0.15) is 12.7 Å². The highest BCUT2D eigenvalue weighted by Crippen LogP contribution is 2.29. The van der Waals surface area contributed by atoms with E-state index in [0.29, 0.717) is 5.56 Å². The summed E-state index contributed by atoms with van der Waals surface area (Å²) in [6.07, 6.45) is 3.64. The lowest BCUT2D eigenvalue weighted by molar-refractivity contribution is -0.660. The maximum atomic E-state index is 8.51. The van der Waals surface area contributed by atoms with E-state index in [1.807, 2.05) is 55.1 Å². The van der Waals surface area contributed by atoms with Gasteiger partial charge >= 0.3 is 0 Å². The number of aryl methyl sites for hydroxylation is 3. The Labute approximate surface area is 154 Å². The molecule has 4 rings (SSSR count). The van der Waals surface area contributed by atoms with Crippen molar-refractivity contribution in [1.82, 2.24) is 9.38 Å². The predicted octanol–water partition coefficient (Wildman–Crippen LogP) is 4.72. The van der Waals surface area contributed by atoms with Crippen molar-refractivity contribution in [2.75, 3.05) is 0 Å². The maximum absolute atomic E-state index is 8.51. The van der Waals surface area contributed by atoms with Gasteiger partial charge in [-0.2, -0.15) is 0 Å². The average molecular weight is 334 g/mol. The normalized spacial score (nSPS) is 15.0. The molecule has 1 aromatic carbocycles. The van der Waals surface area contributed by atoms with E-state index in [9.17, 15) is 0 Å². The van der Waals surface area contributed by atoms with Crippen LogP contribution in [-0.4, -0.2) is 9.38 Å². The molecule has 0 amide bonds. The zero-order chi connectivity index (χ0) is 21.1. The summed E-state index contributed by atoms with van der Waals surface area (Å²) in [5.41, 5.74) is 6.43. The Kier molecular flexibility index (Phi) is 2.69. The number of hydrogen-bond acceptors (Lipinski definition) is 1. The van der Waals surface area contributed by atoms with E-state index < -0.39 is 12.7 Å². The lowest BCUT2D eigenvalue weighted by atomic mass is 9.95. The molecule has 0 aliphatic heterocycles. The van der Waals surface area contributed by atoms with Gasteiger partial charge in [-0.15, -0.1) is 0 Å². The Morgan fingerprint density at radius 2 is 2.04 bits per heavy atom. The summed E-state index contributed by atoms with van der Waals surface area (Å²) in [7, 11) is 1.85. The van der Waals surface area contributed by atoms with Gasteiger partial charge in [-0.25, -0.2) is 9.55 Å². The minimum atomic E-state index is -2.27. The molecule has 0 aliphatic rings. The third-order valence-corrected chi connectivity index (χ3v) is 4.74. The van der Waals surface area contributed by atoms with Crippen LogP contribution in [0.25, 0.3) is 27.9 Å². The number of hydrogen-bond donors (Lipinski definition) is 0. The fraction of sp³-hybridized carbons (Fsp3) is 0.273. The van der Waals surface area contributed by atoms with Gasteiger partial charge in [0.15, 0.2) is 6.20 Å². The Bertz CT molecular complexity index is 1250. The van der Waals surface area contributed by atoms with Crippen molar-refractivity contribution < 1.29 is 10.1 Å². The number of nitrogens with zero attached hydrogens (tertiary/aromatic N) is 3. The number of benzene rings is 1. The Hall–Kier alpha value is -2.68. The lowest BCUT2D eigenvalue weighted by Crippen LogP contribution is -2.32. The molecule has 0 N–H and O–H groups in total. The maximum Gasteiger partial charge on any atom is 0.212 e. The smallest absolute Gasteiger partial charge is 0.212 e. The zero-order valence-corrected chi connectivity index (χ0v) is 15.0. The van der Waals surface area contributed by atoms with Crippen molar-refractivity contribution in [1.29, 1.82) is 0 Å². The van der Waals surface area contributed by atoms with Crippen LogP contribution in [0.1, 0.15) is 41.9 Å². The topological polar surface area (TPSA) is 21.2 Å². The van der Waals surface area contributed by atoms with Crippen LogP contribution in [0.4, 0.5) is 0 Å². The standard InChI is InChI=1S/C22H24N3/c1-14(2)17-12-20(24(5)13-16(17)4)18-11-19-21(10-15(18)3)25-9-7-6-8-22(25)23-19/h6-14H,1-5H3/q+1/i4D3,14D. The highest BCUT2D eigenvalue weighted by molar-refractivity contribution is 5.86. The third-order valence-electron chi connectivity index (χ3n) is 4.74. The van der Waals surface area contributed by atoms with Crippen LogP contribution in [-0.2, 0) is 7.05 Å². The van der Waals surface area contributed by atoms with Crippen molar-refractivity contribution in [3.05, 3.63) is 65.5 Å². The zero-order valence-electron chi connectivity index (χ0n) is 19.0. The highest BCUT2D eigenvalue weighted by Gasteiger charge is 2.19. The van der Waals surface area contributed by atoms with E-state index in [1.54, 1.807) is 20.0 Å². The van der Waals surface area contributed by atoms with Crippen LogP contribution in [0.15, 0.2) is 48.8 Å². The van der Waals surface area contributed by atoms with E-state index in [4.69, 9.17) is 10.5 Å². The van der Waals surface area contributed by atoms with E-state index >= 15 is 0 Å². The molecule has 3 aromatic heterocycles. The monoisotopic (exact) mass is 334 g/mol. The minimum absolute atomic E-state index is 0.218. The summed E-state index contributed by atoms with van der Waals surface area (Å²) in [5.74, 6) is -1.03. The summed E-state index contributed by atoms with van der Waals surface area (Å²) in [6.45, 7) is 3.21. The van der Waals surface area contributed by atoms with E-state index in [2.05, 4.69) is 10.5 Å². The van der Waals surface area contributed by atoms with Crippen LogP contribution >= 0.6 is 0 Å². The molecule has 0 unspecified atom stereocenters. The second-order valence-corrected chi connectivity index (χ2v) is 6.79. The second kappa shape index (κ2) is 5.69. The predicted molar refractivity (Wildman–Crippen MR) is 103 cm³/mol. The van der Waals surface area contributed by atoms with Gasteiger partial charge in [0, 0.05) is 23.3 Å². The van der Waals surface area contributed by atoms with Gasteiger partial charge in [0.25, 0.3) is 0 Å². The molecule has 0 spiro atoms. The lowest BCUT2D eigenvalue weighted by Gasteiger charge is -2.12. The summed E-state index contributed by atoms with van der Waals surface area (Å²) < 4.78 is 36.1. The Balaban J connectivity index is 2.00. The molecule has 0 fully saturated rings. The largest absolute Gasteiger partial charge is 0.300 e. The molecule has 3 nitrogen and oxygen atoms in total. The Morgan fingerprint density at radius 3 is 2.80 bits per heavy atom. The molecule has 126 valence electrons. The van der Waals surface area contributed by atoms with Crippen LogP contribution < -0.4 is 4.57 Å². The third kappa shape index (κ3) is 2.51. The van der Waals surface area contributed by atoms with Gasteiger partial charge in [0.2, 0.25) is 5.69 Å². The molecular weight excluding hydrogens is 306 g/mol. The van der Waals surface area contributed by atoms with Crippen molar-refractivity contribution in [3.63, 3.8) is 0 Å². The van der Waals surface area contributed by atoms with E-state index in [0.717, 1.165) is 33.5 Å². The van der Waals surface area contributed by atoms with Gasteiger partial charge in [-0.05, 0) is 55.1 Å². The molecule has 0 saturated heterocycles. The minimum Gasteiger partial charge on any atom is -0.300 e. The molecular formula is C22H24N3+. The first-order valence-corrected chi connectivity index (χ1v) is 8.39. The molecule has 4 aromatic rings. The van der Waals surface area contributed by atoms with Crippen molar-refractivity contribution >= 4 is 16.7 Å². The van der Waals surface area contributed by atoms with Crippen LogP contribution in [0.2, 0.25) is 0 Å². The fourth-order valence-corrected chi connectivity index (χ4v) is 3.42. The Morgan fingerprint density at radius 1 is 1.20 bits per heavy atom. The van der Waals surface area contributed by atoms with Gasteiger partial charge in [0.05, 0.1) is 16.6 Å². The number of pyridine rings is 2. The molecule has 0 saturated carbocycles. The van der Waals surface area contributed by atoms with Crippen LogP contribution in [0.5, 0.6) is 0 Å². The number of rotatable bonds is 2. The van der Waals surface area contributed by atoms with Crippen molar-refractivity contribution in [2.24, 2.45) is 7.05 Å². The highest BCUT2D eigenvalue weighted by atomic mass is 15.0. The second-order valence-electron chi connectivity index (χ2n) is 6.79. The van der Waals surface area contributed by atoms with Crippen molar-refractivity contribution in [3.8, 4) is 11.3 Å². The van der Waals surface area contributed by atoms with E-state index in [1.165, 1.54) is 0 Å². The molecule has 3 heterocycles. The first kappa shape index (κ1) is 11.8. The van der Waals surface area contributed by atoms with Gasteiger partial charge in [-0.3, -0.25) is 4.40 Å². The molecule has 25 heavy (non-hydrogen) atoms. The average Bonchev–Trinajstić information content (AvgIpc) is 2.97. The molecule has 0 bridgehead atoms. The summed E-state index contributed by atoms with van der Waals surface area (Å²) in [5, 5.41) is 0. The molecule has 0 aliphatic carbocycles. The number of aromatic nitrogens is 3. The van der Waals surface area contributed by atoms with Crippen LogP contribution in [0, 0.1) is 13.8 Å². The molecule has 0 atom stereocenters. The van der Waals surface area contributed by atoms with Crippen molar-refractivity contribution in [2.45, 2.75) is 33.5 Å². The summed E-state index contributed by atoms with van der Waals surface area (Å²) in [4.78, 5) is 4.73. The SMILES string of the molecule is [2H]C([2H])([2H])c1c[n+](C)c(-c2cc3nc4ccccn4c3cc2C)cc1C([2H])(C)C. The number of imidazole rings is 1. The summed E-state index contributed by atoms with van der Waals surface area (Å²) >= 11 is 0. The van der Waals surface area contributed by atoms with Gasteiger partial charge < -0.3 is 0 Å². The van der Waals surface area contributed by atoms with E-state index in [-0.39, 0.29) is 5.56 Å². The first-order chi connectivity index (χ1) is 13.5. The van der Waals surface area contributed by atoms with Crippen LogP contribution in [0.3, 0.4) is 0 Å². The quantitative estimate of drug-likeness (QED) is 0.486.